The molecule has 0 unspecified atom stereocenters. The lowest BCUT2D eigenvalue weighted by Crippen LogP contribution is -2.09. The molecule has 0 nitrogen and oxygen atoms in total. The summed E-state index contributed by atoms with van der Waals surface area (Å²) in [6, 6.07) is 6.85. The smallest absolute Gasteiger partial charge is 0.0221 e. The van der Waals surface area contributed by atoms with Gasteiger partial charge < -0.3 is 0 Å². The van der Waals surface area contributed by atoms with Crippen molar-refractivity contribution >= 4 is 0 Å². The van der Waals surface area contributed by atoms with Crippen molar-refractivity contribution in [2.24, 2.45) is 5.41 Å². The van der Waals surface area contributed by atoms with E-state index in [1.807, 2.05) is 41.5 Å². The lowest BCUT2D eigenvalue weighted by molar-refractivity contribution is 0.392. The fourth-order valence-corrected chi connectivity index (χ4v) is 2.19. The molecule has 0 saturated heterocycles. The van der Waals surface area contributed by atoms with E-state index in [4.69, 9.17) is 0 Å². The van der Waals surface area contributed by atoms with Crippen molar-refractivity contribution in [3.63, 3.8) is 0 Å². The van der Waals surface area contributed by atoms with Gasteiger partial charge in [0.1, 0.15) is 0 Å². The topological polar surface area (TPSA) is 0 Å². The third-order valence-electron chi connectivity index (χ3n) is 2.70. The average Bonchev–Trinajstić information content (AvgIpc) is 2.70. The molecular weight excluding hydrogens is 216 g/mol. The van der Waals surface area contributed by atoms with Crippen molar-refractivity contribution in [3.8, 4) is 0 Å². The Morgan fingerprint density at radius 3 is 1.72 bits per heavy atom. The number of fused-ring (bicyclic) bond motifs is 1. The summed E-state index contributed by atoms with van der Waals surface area (Å²) < 4.78 is 0. The molecule has 0 aromatic heterocycles. The maximum Gasteiger partial charge on any atom is -0.0221 e. The second-order valence-corrected chi connectivity index (χ2v) is 4.79. The van der Waals surface area contributed by atoms with Gasteiger partial charge in [-0.2, -0.15) is 0 Å². The highest BCUT2D eigenvalue weighted by molar-refractivity contribution is 5.36. The summed E-state index contributed by atoms with van der Waals surface area (Å²) in [4.78, 5) is 0. The van der Waals surface area contributed by atoms with Crippen molar-refractivity contribution in [1.82, 2.24) is 0 Å². The van der Waals surface area contributed by atoms with Crippen LogP contribution in [0, 0.1) is 12.3 Å². The summed E-state index contributed by atoms with van der Waals surface area (Å²) >= 11 is 0. The largest absolute Gasteiger partial charge is 0.0683 e. The van der Waals surface area contributed by atoms with Gasteiger partial charge in [0, 0.05) is 0 Å². The first-order valence-corrected chi connectivity index (χ1v) is 7.65. The van der Waals surface area contributed by atoms with Gasteiger partial charge in [0.05, 0.1) is 0 Å². The van der Waals surface area contributed by atoms with Gasteiger partial charge in [-0.25, -0.2) is 0 Å². The number of hydrogen-bond acceptors (Lipinski definition) is 0. The zero-order valence-corrected chi connectivity index (χ0v) is 14.1. The van der Waals surface area contributed by atoms with E-state index >= 15 is 0 Å². The summed E-state index contributed by atoms with van der Waals surface area (Å²) in [5.41, 5.74) is 5.02. The molecule has 0 fully saturated rings. The molecule has 18 heavy (non-hydrogen) atoms. The SMILES string of the molecule is CC.CC.CC.Cc1ccc2c(c1)CC(C)(C)C2. The Balaban J connectivity index is 0. The summed E-state index contributed by atoms with van der Waals surface area (Å²) in [5.74, 6) is 0. The quantitative estimate of drug-likeness (QED) is 0.514. The number of hydrogen-bond donors (Lipinski definition) is 0. The van der Waals surface area contributed by atoms with Crippen LogP contribution in [-0.4, -0.2) is 0 Å². The Morgan fingerprint density at radius 1 is 0.778 bits per heavy atom. The molecule has 0 atom stereocenters. The molecule has 0 heteroatoms. The van der Waals surface area contributed by atoms with Gasteiger partial charge in [-0.05, 0) is 36.3 Å². The molecular formula is C18H34. The number of rotatable bonds is 0. The summed E-state index contributed by atoms with van der Waals surface area (Å²) in [5, 5.41) is 0. The highest BCUT2D eigenvalue weighted by atomic mass is 14.3. The van der Waals surface area contributed by atoms with Crippen LogP contribution in [0.4, 0.5) is 0 Å². The van der Waals surface area contributed by atoms with Crippen LogP contribution in [0.1, 0.15) is 72.1 Å². The minimum absolute atomic E-state index is 0.496. The van der Waals surface area contributed by atoms with Crippen molar-refractivity contribution in [2.75, 3.05) is 0 Å². The molecule has 0 N–H and O–H groups in total. The summed E-state index contributed by atoms with van der Waals surface area (Å²) in [6.07, 6.45) is 2.51. The Kier molecular flexibility index (Phi) is 11.1. The van der Waals surface area contributed by atoms with Crippen LogP contribution in [0.3, 0.4) is 0 Å². The molecule has 0 amide bonds. The van der Waals surface area contributed by atoms with E-state index in [1.54, 1.807) is 11.1 Å². The first kappa shape index (κ1) is 19.6. The van der Waals surface area contributed by atoms with E-state index in [9.17, 15) is 0 Å². The lowest BCUT2D eigenvalue weighted by atomic mass is 9.90. The van der Waals surface area contributed by atoms with Crippen LogP contribution >= 0.6 is 0 Å². The van der Waals surface area contributed by atoms with Gasteiger partial charge in [0.25, 0.3) is 0 Å². The van der Waals surface area contributed by atoms with Crippen LogP contribution in [0.25, 0.3) is 0 Å². The molecule has 0 radical (unpaired) electrons. The second-order valence-electron chi connectivity index (χ2n) is 4.79. The Labute approximate surface area is 116 Å². The Morgan fingerprint density at radius 2 is 1.22 bits per heavy atom. The minimum atomic E-state index is 0.496. The predicted molar refractivity (Wildman–Crippen MR) is 86.4 cm³/mol. The first-order valence-electron chi connectivity index (χ1n) is 7.65. The highest BCUT2D eigenvalue weighted by Gasteiger charge is 2.27. The molecule has 2 rings (SSSR count). The zero-order valence-electron chi connectivity index (χ0n) is 14.1. The molecule has 0 bridgehead atoms. The fraction of sp³-hybridized carbons (Fsp3) is 0.667. The molecule has 1 aliphatic carbocycles. The average molecular weight is 250 g/mol. The van der Waals surface area contributed by atoms with Gasteiger partial charge in [-0.3, -0.25) is 0 Å². The zero-order chi connectivity index (χ0) is 14.8. The monoisotopic (exact) mass is 250 g/mol. The van der Waals surface area contributed by atoms with Crippen molar-refractivity contribution < 1.29 is 0 Å². The predicted octanol–water partition coefficient (Wildman–Crippen LogP) is 6.20. The summed E-state index contributed by atoms with van der Waals surface area (Å²) in [6.45, 7) is 18.9. The second kappa shape index (κ2) is 10.2. The molecule has 0 heterocycles. The van der Waals surface area contributed by atoms with E-state index in [0.717, 1.165) is 0 Å². The lowest BCUT2D eigenvalue weighted by Gasteiger charge is -2.14. The van der Waals surface area contributed by atoms with Crippen LogP contribution in [0.5, 0.6) is 0 Å². The Hall–Kier alpha value is -0.780. The van der Waals surface area contributed by atoms with Gasteiger partial charge in [-0.1, -0.05) is 79.2 Å². The standard InChI is InChI=1S/C12H16.3C2H6/c1-9-4-5-10-7-12(2,3)8-11(10)6-9;3*1-2/h4-6H,7-8H2,1-3H3;3*1-2H3. The van der Waals surface area contributed by atoms with E-state index < -0.39 is 0 Å². The van der Waals surface area contributed by atoms with Crippen molar-refractivity contribution in [3.05, 3.63) is 34.9 Å². The number of benzene rings is 1. The third kappa shape index (κ3) is 6.23. The van der Waals surface area contributed by atoms with Crippen LogP contribution in [-0.2, 0) is 12.8 Å². The maximum atomic E-state index is 2.35. The van der Waals surface area contributed by atoms with Gasteiger partial charge in [0.2, 0.25) is 0 Å². The Bertz CT molecular complexity index is 308. The fourth-order valence-electron chi connectivity index (χ4n) is 2.19. The van der Waals surface area contributed by atoms with E-state index in [1.165, 1.54) is 18.4 Å². The van der Waals surface area contributed by atoms with E-state index in [2.05, 4.69) is 39.0 Å². The first-order chi connectivity index (χ1) is 8.57. The van der Waals surface area contributed by atoms with Crippen LogP contribution in [0.2, 0.25) is 0 Å². The molecule has 106 valence electrons. The van der Waals surface area contributed by atoms with E-state index in [-0.39, 0.29) is 0 Å². The molecule has 1 aromatic carbocycles. The summed E-state index contributed by atoms with van der Waals surface area (Å²) in [7, 11) is 0. The van der Waals surface area contributed by atoms with Crippen LogP contribution in [0.15, 0.2) is 18.2 Å². The van der Waals surface area contributed by atoms with E-state index in [0.29, 0.717) is 5.41 Å². The molecule has 1 aliphatic rings. The van der Waals surface area contributed by atoms with Crippen molar-refractivity contribution in [2.45, 2.75) is 75.2 Å². The molecule has 1 aromatic rings. The minimum Gasteiger partial charge on any atom is -0.0683 e. The normalized spacial score (nSPS) is 13.8. The maximum absolute atomic E-state index is 2.35. The highest BCUT2D eigenvalue weighted by Crippen LogP contribution is 2.36. The van der Waals surface area contributed by atoms with Crippen molar-refractivity contribution in [1.29, 1.82) is 0 Å². The van der Waals surface area contributed by atoms with Crippen LogP contribution < -0.4 is 0 Å². The molecule has 0 spiro atoms. The number of aryl methyl sites for hydroxylation is 1. The third-order valence-corrected chi connectivity index (χ3v) is 2.70. The molecule has 0 aliphatic heterocycles. The van der Waals surface area contributed by atoms with Gasteiger partial charge in [-0.15, -0.1) is 0 Å². The van der Waals surface area contributed by atoms with Gasteiger partial charge >= 0.3 is 0 Å². The van der Waals surface area contributed by atoms with Gasteiger partial charge in [0.15, 0.2) is 0 Å². The molecule has 0 saturated carbocycles.